The van der Waals surface area contributed by atoms with Gasteiger partial charge in [-0.3, -0.25) is 0 Å². The van der Waals surface area contributed by atoms with E-state index in [9.17, 15) is 0 Å². The fraction of sp³-hybridized carbons (Fsp3) is 0.538. The summed E-state index contributed by atoms with van der Waals surface area (Å²) in [6, 6.07) is 7.24. The van der Waals surface area contributed by atoms with Crippen LogP contribution in [0.1, 0.15) is 43.0 Å². The summed E-state index contributed by atoms with van der Waals surface area (Å²) >= 11 is 0. The maximum Gasteiger partial charge on any atom is 0.0329 e. The Balaban J connectivity index is 2.26. The molecule has 0 fully saturated rings. The third-order valence-electron chi connectivity index (χ3n) is 3.05. The molecular formula is C13H19N. The minimum absolute atomic E-state index is 0.588. The number of hydrogen-bond donors (Lipinski definition) is 1. The monoisotopic (exact) mass is 189 g/mol. The lowest BCUT2D eigenvalue weighted by Gasteiger charge is -2.14. The second-order valence-corrected chi connectivity index (χ2v) is 4.71. The Morgan fingerprint density at radius 1 is 1.43 bits per heavy atom. The number of fused-ring (bicyclic) bond motifs is 1. The van der Waals surface area contributed by atoms with Gasteiger partial charge in [-0.05, 0) is 36.0 Å². The van der Waals surface area contributed by atoms with Crippen LogP contribution >= 0.6 is 0 Å². The zero-order valence-corrected chi connectivity index (χ0v) is 9.30. The molecule has 1 aliphatic rings. The average Bonchev–Trinajstić information content (AvgIpc) is 2.49. The molecule has 0 aliphatic carbocycles. The zero-order valence-electron chi connectivity index (χ0n) is 9.30. The molecule has 0 amide bonds. The number of hydrogen-bond acceptors (Lipinski definition) is 1. The molecular weight excluding hydrogens is 170 g/mol. The summed E-state index contributed by atoms with van der Waals surface area (Å²) in [6.45, 7) is 7.84. The predicted molar refractivity (Wildman–Crippen MR) is 60.2 cm³/mol. The minimum atomic E-state index is 0.588. The van der Waals surface area contributed by atoms with Crippen molar-refractivity contribution in [3.8, 4) is 0 Å². The van der Waals surface area contributed by atoms with Crippen LogP contribution in [0.15, 0.2) is 18.2 Å². The van der Waals surface area contributed by atoms with Crippen LogP contribution in [0, 0.1) is 12.8 Å². The number of nitrogens with one attached hydrogen (secondary N) is 1. The van der Waals surface area contributed by atoms with Crippen molar-refractivity contribution in [2.45, 2.75) is 39.8 Å². The first-order valence-corrected chi connectivity index (χ1v) is 5.50. The molecule has 1 aromatic rings. The molecule has 14 heavy (non-hydrogen) atoms. The standard InChI is InChI=1S/C13H19N/c1-9(2)7-13-11-6-4-5-10(3)12(11)8-14-13/h4-6,9,13-14H,7-8H2,1-3H3. The van der Waals surface area contributed by atoms with Crippen molar-refractivity contribution in [1.82, 2.24) is 5.32 Å². The summed E-state index contributed by atoms with van der Waals surface area (Å²) in [5.74, 6) is 0.763. The van der Waals surface area contributed by atoms with Crippen LogP contribution in [0.4, 0.5) is 0 Å². The molecule has 0 spiro atoms. The van der Waals surface area contributed by atoms with Gasteiger partial charge in [0.2, 0.25) is 0 Å². The first-order chi connectivity index (χ1) is 6.68. The Hall–Kier alpha value is -0.820. The van der Waals surface area contributed by atoms with E-state index in [-0.39, 0.29) is 0 Å². The van der Waals surface area contributed by atoms with Gasteiger partial charge in [0.15, 0.2) is 0 Å². The molecule has 1 heteroatoms. The van der Waals surface area contributed by atoms with Crippen LogP contribution in [0.5, 0.6) is 0 Å². The lowest BCUT2D eigenvalue weighted by Crippen LogP contribution is -2.13. The minimum Gasteiger partial charge on any atom is -0.306 e. The second-order valence-electron chi connectivity index (χ2n) is 4.71. The van der Waals surface area contributed by atoms with Gasteiger partial charge in [0.25, 0.3) is 0 Å². The first kappa shape index (κ1) is 9.72. The average molecular weight is 189 g/mol. The Bertz CT molecular complexity index is 328. The van der Waals surface area contributed by atoms with Gasteiger partial charge in [0, 0.05) is 12.6 Å². The smallest absolute Gasteiger partial charge is 0.0329 e. The molecule has 0 bridgehead atoms. The highest BCUT2D eigenvalue weighted by molar-refractivity contribution is 5.39. The van der Waals surface area contributed by atoms with E-state index in [4.69, 9.17) is 0 Å². The van der Waals surface area contributed by atoms with Gasteiger partial charge in [-0.15, -0.1) is 0 Å². The molecule has 1 aromatic carbocycles. The molecule has 1 N–H and O–H groups in total. The van der Waals surface area contributed by atoms with Crippen molar-refractivity contribution in [1.29, 1.82) is 0 Å². The van der Waals surface area contributed by atoms with E-state index in [0.29, 0.717) is 6.04 Å². The van der Waals surface area contributed by atoms with Crippen LogP contribution in [-0.2, 0) is 6.54 Å². The molecule has 1 aliphatic heterocycles. The highest BCUT2D eigenvalue weighted by Crippen LogP contribution is 2.31. The van der Waals surface area contributed by atoms with E-state index in [1.54, 1.807) is 0 Å². The first-order valence-electron chi connectivity index (χ1n) is 5.50. The number of aryl methyl sites for hydroxylation is 1. The van der Waals surface area contributed by atoms with E-state index >= 15 is 0 Å². The third kappa shape index (κ3) is 1.69. The second kappa shape index (κ2) is 3.74. The topological polar surface area (TPSA) is 12.0 Å². The van der Waals surface area contributed by atoms with Crippen LogP contribution < -0.4 is 5.32 Å². The van der Waals surface area contributed by atoms with Crippen molar-refractivity contribution in [2.24, 2.45) is 5.92 Å². The van der Waals surface area contributed by atoms with Crippen LogP contribution in [0.25, 0.3) is 0 Å². The lowest BCUT2D eigenvalue weighted by molar-refractivity contribution is 0.455. The highest BCUT2D eigenvalue weighted by Gasteiger charge is 2.22. The van der Waals surface area contributed by atoms with Gasteiger partial charge in [-0.2, -0.15) is 0 Å². The normalized spacial score (nSPS) is 20.1. The summed E-state index contributed by atoms with van der Waals surface area (Å²) in [5.41, 5.74) is 4.48. The molecule has 1 unspecified atom stereocenters. The summed E-state index contributed by atoms with van der Waals surface area (Å²) in [7, 11) is 0. The van der Waals surface area contributed by atoms with Crippen LogP contribution in [0.2, 0.25) is 0 Å². The third-order valence-corrected chi connectivity index (χ3v) is 3.05. The SMILES string of the molecule is Cc1cccc2c1CNC2CC(C)C. The maximum atomic E-state index is 3.59. The van der Waals surface area contributed by atoms with Crippen LogP contribution in [0.3, 0.4) is 0 Å². The molecule has 2 rings (SSSR count). The summed E-state index contributed by atoms with van der Waals surface area (Å²) < 4.78 is 0. The zero-order chi connectivity index (χ0) is 10.1. The van der Waals surface area contributed by atoms with Gasteiger partial charge in [0.1, 0.15) is 0 Å². The summed E-state index contributed by atoms with van der Waals surface area (Å²) in [5, 5.41) is 3.59. The summed E-state index contributed by atoms with van der Waals surface area (Å²) in [6.07, 6.45) is 1.25. The van der Waals surface area contributed by atoms with E-state index in [2.05, 4.69) is 44.3 Å². The van der Waals surface area contributed by atoms with Gasteiger partial charge in [0.05, 0.1) is 0 Å². The lowest BCUT2D eigenvalue weighted by atomic mass is 9.95. The molecule has 0 saturated heterocycles. The fourth-order valence-electron chi connectivity index (χ4n) is 2.31. The highest BCUT2D eigenvalue weighted by atomic mass is 14.9. The quantitative estimate of drug-likeness (QED) is 0.753. The Morgan fingerprint density at radius 2 is 2.21 bits per heavy atom. The van der Waals surface area contributed by atoms with E-state index in [1.807, 2.05) is 0 Å². The summed E-state index contributed by atoms with van der Waals surface area (Å²) in [4.78, 5) is 0. The van der Waals surface area contributed by atoms with E-state index in [1.165, 1.54) is 23.1 Å². The van der Waals surface area contributed by atoms with Crippen molar-refractivity contribution in [3.63, 3.8) is 0 Å². The van der Waals surface area contributed by atoms with Gasteiger partial charge >= 0.3 is 0 Å². The van der Waals surface area contributed by atoms with E-state index in [0.717, 1.165) is 12.5 Å². The van der Waals surface area contributed by atoms with Crippen molar-refractivity contribution >= 4 is 0 Å². The maximum absolute atomic E-state index is 3.59. The number of rotatable bonds is 2. The fourth-order valence-corrected chi connectivity index (χ4v) is 2.31. The predicted octanol–water partition coefficient (Wildman–Crippen LogP) is 3.19. The molecule has 0 saturated carbocycles. The molecule has 1 atom stereocenters. The van der Waals surface area contributed by atoms with Crippen molar-refractivity contribution < 1.29 is 0 Å². The molecule has 1 heterocycles. The van der Waals surface area contributed by atoms with Gasteiger partial charge < -0.3 is 5.32 Å². The van der Waals surface area contributed by atoms with E-state index < -0.39 is 0 Å². The van der Waals surface area contributed by atoms with Gasteiger partial charge in [-0.25, -0.2) is 0 Å². The Morgan fingerprint density at radius 3 is 2.93 bits per heavy atom. The number of benzene rings is 1. The van der Waals surface area contributed by atoms with Crippen LogP contribution in [-0.4, -0.2) is 0 Å². The Labute approximate surface area is 86.5 Å². The largest absolute Gasteiger partial charge is 0.306 e. The van der Waals surface area contributed by atoms with Crippen molar-refractivity contribution in [3.05, 3.63) is 34.9 Å². The molecule has 0 radical (unpaired) electrons. The Kier molecular flexibility index (Phi) is 2.60. The molecule has 1 nitrogen and oxygen atoms in total. The van der Waals surface area contributed by atoms with Gasteiger partial charge in [-0.1, -0.05) is 32.0 Å². The van der Waals surface area contributed by atoms with Crippen molar-refractivity contribution in [2.75, 3.05) is 0 Å². The molecule has 76 valence electrons. The molecule has 0 aromatic heterocycles.